The van der Waals surface area contributed by atoms with Gasteiger partial charge in [0, 0.05) is 22.8 Å². The first-order valence-corrected chi connectivity index (χ1v) is 10.2. The predicted octanol–water partition coefficient (Wildman–Crippen LogP) is 4.17. The van der Waals surface area contributed by atoms with Crippen molar-refractivity contribution in [1.82, 2.24) is 5.32 Å². The van der Waals surface area contributed by atoms with E-state index < -0.39 is 11.8 Å². The Morgan fingerprint density at radius 2 is 1.69 bits per heavy atom. The molecular weight excluding hydrogens is 406 g/mol. The van der Waals surface area contributed by atoms with Gasteiger partial charge in [0.25, 0.3) is 5.91 Å². The van der Waals surface area contributed by atoms with Crippen molar-refractivity contribution in [2.45, 2.75) is 0 Å². The number of hydrogen-bond donors (Lipinski definition) is 1. The summed E-state index contributed by atoms with van der Waals surface area (Å²) in [7, 11) is 0. The van der Waals surface area contributed by atoms with Gasteiger partial charge in [0.1, 0.15) is 15.8 Å². The van der Waals surface area contributed by atoms with E-state index in [1.165, 1.54) is 11.8 Å². The van der Waals surface area contributed by atoms with E-state index in [0.29, 0.717) is 37.4 Å². The van der Waals surface area contributed by atoms with Crippen LogP contribution >= 0.6 is 24.0 Å². The molecule has 2 aliphatic carbocycles. The van der Waals surface area contributed by atoms with E-state index >= 15 is 0 Å². The van der Waals surface area contributed by atoms with Crippen molar-refractivity contribution in [3.63, 3.8) is 0 Å². The standard InChI is InChI=1S/C22H13NO4S2/c24-19-13-3-1-2-4-14(13)20(25)16-9-11(5-7-15(16)19)17-8-6-12(27-17)10-18-21(26)23-22(28)29-18/h1-10,13-14H,(H,23,26,28). The Bertz CT molecular complexity index is 1200. The molecule has 2 heterocycles. The van der Waals surface area contributed by atoms with Crippen LogP contribution in [0, 0.1) is 11.8 Å². The molecule has 0 bridgehead atoms. The van der Waals surface area contributed by atoms with Gasteiger partial charge in [-0.25, -0.2) is 0 Å². The summed E-state index contributed by atoms with van der Waals surface area (Å²) in [6.45, 7) is 0. The van der Waals surface area contributed by atoms with E-state index in [4.69, 9.17) is 16.6 Å². The second kappa shape index (κ2) is 6.79. The Labute approximate surface area is 175 Å². The summed E-state index contributed by atoms with van der Waals surface area (Å²) in [6, 6.07) is 8.68. The zero-order valence-corrected chi connectivity index (χ0v) is 16.5. The van der Waals surface area contributed by atoms with Gasteiger partial charge in [-0.2, -0.15) is 0 Å². The molecule has 142 valence electrons. The largest absolute Gasteiger partial charge is 0.457 e. The molecule has 0 saturated carbocycles. The third-order valence-electron chi connectivity index (χ3n) is 5.12. The molecular formula is C22H13NO4S2. The lowest BCUT2D eigenvalue weighted by Gasteiger charge is -2.28. The number of hydrogen-bond acceptors (Lipinski definition) is 6. The van der Waals surface area contributed by atoms with Gasteiger partial charge in [0.15, 0.2) is 11.6 Å². The van der Waals surface area contributed by atoms with E-state index in [1.54, 1.807) is 60.7 Å². The fourth-order valence-corrected chi connectivity index (χ4v) is 4.74. The number of benzene rings is 1. The summed E-state index contributed by atoms with van der Waals surface area (Å²) in [5.41, 5.74) is 1.56. The Balaban J connectivity index is 1.49. The maximum absolute atomic E-state index is 12.9. The third kappa shape index (κ3) is 3.03. The summed E-state index contributed by atoms with van der Waals surface area (Å²) < 4.78 is 6.25. The number of allylic oxidation sites excluding steroid dienone is 4. The molecule has 5 rings (SSSR count). The van der Waals surface area contributed by atoms with Gasteiger partial charge in [-0.3, -0.25) is 14.4 Å². The smallest absolute Gasteiger partial charge is 0.263 e. The van der Waals surface area contributed by atoms with Crippen molar-refractivity contribution in [3.8, 4) is 11.3 Å². The molecule has 29 heavy (non-hydrogen) atoms. The van der Waals surface area contributed by atoms with Crippen molar-refractivity contribution < 1.29 is 18.8 Å². The number of amides is 1. The van der Waals surface area contributed by atoms with Crippen LogP contribution in [0.5, 0.6) is 0 Å². The first-order chi connectivity index (χ1) is 14.0. The summed E-state index contributed by atoms with van der Waals surface area (Å²) in [5.74, 6) is -0.173. The maximum atomic E-state index is 12.9. The molecule has 1 aromatic carbocycles. The van der Waals surface area contributed by atoms with Gasteiger partial charge in [0.05, 0.1) is 16.7 Å². The minimum absolute atomic E-state index is 0.0399. The van der Waals surface area contributed by atoms with Crippen LogP contribution in [0.1, 0.15) is 26.5 Å². The lowest BCUT2D eigenvalue weighted by Crippen LogP contribution is -2.35. The van der Waals surface area contributed by atoms with Gasteiger partial charge >= 0.3 is 0 Å². The Morgan fingerprint density at radius 3 is 2.38 bits per heavy atom. The van der Waals surface area contributed by atoms with Crippen LogP contribution in [0.25, 0.3) is 17.4 Å². The van der Waals surface area contributed by atoms with Crippen LogP contribution in [0.15, 0.2) is 64.0 Å². The third-order valence-corrected chi connectivity index (χ3v) is 6.28. The Kier molecular flexibility index (Phi) is 4.22. The zero-order chi connectivity index (χ0) is 20.1. The number of nitrogens with one attached hydrogen (secondary N) is 1. The molecule has 1 saturated heterocycles. The SMILES string of the molecule is O=C1NC(=S)SC1=Cc1ccc(-c2ccc3c(c2)C(=O)C2C=CC=CC2C3=O)o1. The van der Waals surface area contributed by atoms with Crippen LogP contribution < -0.4 is 5.32 Å². The molecule has 2 unspecified atom stereocenters. The van der Waals surface area contributed by atoms with E-state index in [1.807, 2.05) is 0 Å². The van der Waals surface area contributed by atoms with E-state index in [9.17, 15) is 14.4 Å². The van der Waals surface area contributed by atoms with Crippen molar-refractivity contribution >= 4 is 51.8 Å². The number of thiocarbonyl (C=S) groups is 1. The minimum Gasteiger partial charge on any atom is -0.457 e. The molecule has 3 aliphatic rings. The normalized spacial score (nSPS) is 24.1. The lowest BCUT2D eigenvalue weighted by atomic mass is 9.72. The quantitative estimate of drug-likeness (QED) is 0.582. The highest BCUT2D eigenvalue weighted by Gasteiger charge is 2.39. The minimum atomic E-state index is -0.450. The topological polar surface area (TPSA) is 76.4 Å². The fraction of sp³-hybridized carbons (Fsp3) is 0.0909. The number of furan rings is 1. The number of Topliss-reactive ketones (excluding diaryl/α,β-unsaturated/α-hetero) is 2. The van der Waals surface area contributed by atoms with Crippen molar-refractivity contribution in [2.75, 3.05) is 0 Å². The summed E-state index contributed by atoms with van der Waals surface area (Å²) >= 11 is 6.16. The average Bonchev–Trinajstić information content (AvgIpc) is 3.32. The van der Waals surface area contributed by atoms with Crippen LogP contribution in [-0.4, -0.2) is 21.8 Å². The second-order valence-corrected chi connectivity index (χ2v) is 8.58. The number of rotatable bonds is 2. The first-order valence-electron chi connectivity index (χ1n) is 8.94. The van der Waals surface area contributed by atoms with Gasteiger partial charge in [-0.1, -0.05) is 54.4 Å². The molecule has 1 amide bonds. The van der Waals surface area contributed by atoms with E-state index in [-0.39, 0.29) is 17.5 Å². The molecule has 0 spiro atoms. The summed E-state index contributed by atoms with van der Waals surface area (Å²) in [6.07, 6.45) is 8.81. The van der Waals surface area contributed by atoms with Crippen LogP contribution in [0.3, 0.4) is 0 Å². The first kappa shape index (κ1) is 18.0. The van der Waals surface area contributed by atoms with E-state index in [0.717, 1.165) is 0 Å². The van der Waals surface area contributed by atoms with E-state index in [2.05, 4.69) is 5.32 Å². The van der Waals surface area contributed by atoms with Gasteiger partial charge < -0.3 is 9.73 Å². The molecule has 7 heteroatoms. The highest BCUT2D eigenvalue weighted by atomic mass is 32.2. The number of carbonyl (C=O) groups excluding carboxylic acids is 3. The van der Waals surface area contributed by atoms with Crippen molar-refractivity contribution in [2.24, 2.45) is 11.8 Å². The zero-order valence-electron chi connectivity index (χ0n) is 14.9. The molecule has 2 atom stereocenters. The predicted molar refractivity (Wildman–Crippen MR) is 114 cm³/mol. The highest BCUT2D eigenvalue weighted by molar-refractivity contribution is 8.26. The number of fused-ring (bicyclic) bond motifs is 2. The van der Waals surface area contributed by atoms with Crippen LogP contribution in [-0.2, 0) is 4.79 Å². The average molecular weight is 419 g/mol. The lowest BCUT2D eigenvalue weighted by molar-refractivity contribution is -0.115. The Hall–Kier alpha value is -3.03. The molecule has 1 N–H and O–H groups in total. The van der Waals surface area contributed by atoms with Crippen LogP contribution in [0.2, 0.25) is 0 Å². The van der Waals surface area contributed by atoms with Crippen LogP contribution in [0.4, 0.5) is 0 Å². The molecule has 1 aliphatic heterocycles. The highest BCUT2D eigenvalue weighted by Crippen LogP contribution is 2.36. The molecule has 1 fully saturated rings. The molecule has 0 radical (unpaired) electrons. The van der Waals surface area contributed by atoms with Crippen molar-refractivity contribution in [1.29, 1.82) is 0 Å². The molecule has 2 aromatic rings. The second-order valence-electron chi connectivity index (χ2n) is 6.86. The van der Waals surface area contributed by atoms with Gasteiger partial charge in [-0.15, -0.1) is 0 Å². The summed E-state index contributed by atoms with van der Waals surface area (Å²) in [4.78, 5) is 38.0. The van der Waals surface area contributed by atoms with Crippen molar-refractivity contribution in [3.05, 3.63) is 76.4 Å². The molecule has 5 nitrogen and oxygen atoms in total. The number of ketones is 2. The monoisotopic (exact) mass is 419 g/mol. The number of thioether (sulfide) groups is 1. The summed E-state index contributed by atoms with van der Waals surface area (Å²) in [5, 5.41) is 2.56. The number of carbonyl (C=O) groups is 3. The maximum Gasteiger partial charge on any atom is 0.263 e. The molecule has 1 aromatic heterocycles. The van der Waals surface area contributed by atoms with Gasteiger partial charge in [-0.05, 0) is 24.3 Å². The Morgan fingerprint density at radius 1 is 0.966 bits per heavy atom. The van der Waals surface area contributed by atoms with Gasteiger partial charge in [0.2, 0.25) is 0 Å². The fourth-order valence-electron chi connectivity index (χ4n) is 3.72.